The van der Waals surface area contributed by atoms with Crippen LogP contribution in [0.5, 0.6) is 0 Å². The van der Waals surface area contributed by atoms with Crippen LogP contribution in [-0.2, 0) is 11.3 Å². The molecule has 0 saturated heterocycles. The molecule has 2 aromatic rings. The minimum atomic E-state index is -2.50. The zero-order chi connectivity index (χ0) is 14.5. The minimum absolute atomic E-state index is 0.0622. The van der Waals surface area contributed by atoms with Gasteiger partial charge in [0.2, 0.25) is 0 Å². The van der Waals surface area contributed by atoms with Gasteiger partial charge in [-0.1, -0.05) is 17.7 Å². The Morgan fingerprint density at radius 1 is 1.40 bits per heavy atom. The number of hydrogen-bond donors (Lipinski definition) is 1. The molecule has 20 heavy (non-hydrogen) atoms. The molecule has 0 unspecified atom stereocenters. The van der Waals surface area contributed by atoms with Crippen LogP contribution in [0, 0.1) is 0 Å². The van der Waals surface area contributed by atoms with E-state index in [4.69, 9.17) is 22.1 Å². The number of tetrazole rings is 1. The lowest BCUT2D eigenvalue weighted by atomic mass is 10.1. The molecule has 0 aliphatic rings. The van der Waals surface area contributed by atoms with Gasteiger partial charge >= 0.3 is 0 Å². The molecule has 9 heteroatoms. The number of alkyl halides is 2. The Labute approximate surface area is 118 Å². The molecule has 0 radical (unpaired) electrons. The lowest BCUT2D eigenvalue weighted by Gasteiger charge is -2.08. The molecule has 1 aromatic heterocycles. The van der Waals surface area contributed by atoms with Crippen molar-refractivity contribution in [1.29, 1.82) is 0 Å². The van der Waals surface area contributed by atoms with E-state index in [9.17, 15) is 8.78 Å². The number of ether oxygens (including phenoxy) is 1. The van der Waals surface area contributed by atoms with Gasteiger partial charge < -0.3 is 10.5 Å². The van der Waals surface area contributed by atoms with E-state index >= 15 is 0 Å². The number of halogens is 3. The number of nitrogens with two attached hydrogens (primary N) is 1. The van der Waals surface area contributed by atoms with E-state index in [0.29, 0.717) is 22.1 Å². The van der Waals surface area contributed by atoms with Gasteiger partial charge in [-0.2, -0.15) is 0 Å². The van der Waals surface area contributed by atoms with Crippen molar-refractivity contribution < 1.29 is 13.5 Å². The summed E-state index contributed by atoms with van der Waals surface area (Å²) in [6, 6.07) is 5.05. The first-order valence-electron chi connectivity index (χ1n) is 5.76. The summed E-state index contributed by atoms with van der Waals surface area (Å²) < 4.78 is 30.1. The zero-order valence-electron chi connectivity index (χ0n) is 10.3. The molecule has 108 valence electrons. The van der Waals surface area contributed by atoms with Crippen LogP contribution >= 0.6 is 11.6 Å². The second kappa shape index (κ2) is 6.58. The summed E-state index contributed by atoms with van der Waals surface area (Å²) in [5, 5.41) is 11.6. The third-order valence-corrected chi connectivity index (χ3v) is 2.81. The van der Waals surface area contributed by atoms with Gasteiger partial charge in [0.05, 0.1) is 23.7 Å². The maximum absolute atomic E-state index is 11.9. The van der Waals surface area contributed by atoms with Crippen molar-refractivity contribution in [2.45, 2.75) is 13.0 Å². The number of rotatable bonds is 6. The van der Waals surface area contributed by atoms with Gasteiger partial charge in [-0.15, -0.1) is 5.10 Å². The van der Waals surface area contributed by atoms with E-state index in [-0.39, 0.29) is 13.2 Å². The van der Waals surface area contributed by atoms with Gasteiger partial charge in [0, 0.05) is 5.69 Å². The molecule has 6 nitrogen and oxygen atoms in total. The Hall–Kier alpha value is -1.80. The fraction of sp³-hybridized carbons (Fsp3) is 0.364. The zero-order valence-corrected chi connectivity index (χ0v) is 11.1. The van der Waals surface area contributed by atoms with Crippen LogP contribution in [0.4, 0.5) is 14.5 Å². The number of aromatic nitrogens is 4. The van der Waals surface area contributed by atoms with Gasteiger partial charge in [-0.3, -0.25) is 0 Å². The predicted octanol–water partition coefficient (Wildman–Crippen LogP) is 1.86. The molecule has 0 bridgehead atoms. The Kier molecular flexibility index (Phi) is 4.80. The van der Waals surface area contributed by atoms with Crippen molar-refractivity contribution in [2.75, 3.05) is 18.9 Å². The molecule has 0 saturated carbocycles. The summed E-state index contributed by atoms with van der Waals surface area (Å²) in [7, 11) is 0. The summed E-state index contributed by atoms with van der Waals surface area (Å²) in [6.45, 7) is -0.335. The SMILES string of the molecule is Nc1cccc(Cl)c1-c1nnnn1CCOCC(F)F. The monoisotopic (exact) mass is 303 g/mol. The fourth-order valence-corrected chi connectivity index (χ4v) is 1.90. The quantitative estimate of drug-likeness (QED) is 0.651. The number of benzene rings is 1. The lowest BCUT2D eigenvalue weighted by molar-refractivity contribution is 0.0140. The number of hydrogen-bond acceptors (Lipinski definition) is 5. The topological polar surface area (TPSA) is 78.9 Å². The highest BCUT2D eigenvalue weighted by molar-refractivity contribution is 6.33. The standard InChI is InChI=1S/C11H12ClF2N5O/c12-7-2-1-3-8(15)10(7)11-16-17-18-19(11)4-5-20-6-9(13)14/h1-3,9H,4-6,15H2. The van der Waals surface area contributed by atoms with E-state index in [0.717, 1.165) is 0 Å². The Morgan fingerprint density at radius 3 is 2.90 bits per heavy atom. The first kappa shape index (κ1) is 14.6. The smallest absolute Gasteiger partial charge is 0.261 e. The van der Waals surface area contributed by atoms with Crippen LogP contribution in [0.1, 0.15) is 0 Å². The normalized spacial score (nSPS) is 11.2. The van der Waals surface area contributed by atoms with Crippen LogP contribution < -0.4 is 5.73 Å². The molecular formula is C11H12ClF2N5O. The third kappa shape index (κ3) is 3.40. The van der Waals surface area contributed by atoms with E-state index < -0.39 is 13.0 Å². The van der Waals surface area contributed by atoms with Gasteiger partial charge in [0.1, 0.15) is 6.61 Å². The Balaban J connectivity index is 2.12. The molecular weight excluding hydrogens is 292 g/mol. The Morgan fingerprint density at radius 2 is 2.20 bits per heavy atom. The average Bonchev–Trinajstić information content (AvgIpc) is 2.82. The van der Waals surface area contributed by atoms with E-state index in [2.05, 4.69) is 15.5 Å². The number of nitrogens with zero attached hydrogens (tertiary/aromatic N) is 4. The third-order valence-electron chi connectivity index (χ3n) is 2.49. The van der Waals surface area contributed by atoms with Gasteiger partial charge in [-0.05, 0) is 22.6 Å². The number of nitrogen functional groups attached to an aromatic ring is 1. The van der Waals surface area contributed by atoms with Crippen LogP contribution in [0.25, 0.3) is 11.4 Å². The molecule has 2 N–H and O–H groups in total. The van der Waals surface area contributed by atoms with E-state index in [1.54, 1.807) is 18.2 Å². The first-order chi connectivity index (χ1) is 9.59. The molecule has 0 fully saturated rings. The first-order valence-corrected chi connectivity index (χ1v) is 6.14. The summed E-state index contributed by atoms with van der Waals surface area (Å²) in [5.74, 6) is 0.369. The highest BCUT2D eigenvalue weighted by Crippen LogP contribution is 2.31. The van der Waals surface area contributed by atoms with Crippen molar-refractivity contribution in [1.82, 2.24) is 20.2 Å². The van der Waals surface area contributed by atoms with Gasteiger partial charge in [-0.25, -0.2) is 13.5 Å². The molecule has 0 atom stereocenters. The van der Waals surface area contributed by atoms with E-state index in [1.165, 1.54) is 4.68 Å². The van der Waals surface area contributed by atoms with Crippen molar-refractivity contribution in [2.24, 2.45) is 0 Å². The second-order valence-corrected chi connectivity index (χ2v) is 4.30. The predicted molar refractivity (Wildman–Crippen MR) is 69.5 cm³/mol. The highest BCUT2D eigenvalue weighted by atomic mass is 35.5. The van der Waals surface area contributed by atoms with Crippen LogP contribution in [0.2, 0.25) is 5.02 Å². The molecule has 2 rings (SSSR count). The van der Waals surface area contributed by atoms with E-state index in [1.807, 2.05) is 0 Å². The minimum Gasteiger partial charge on any atom is -0.398 e. The average molecular weight is 304 g/mol. The highest BCUT2D eigenvalue weighted by Gasteiger charge is 2.15. The van der Waals surface area contributed by atoms with Crippen molar-refractivity contribution in [3.63, 3.8) is 0 Å². The molecule has 1 heterocycles. The second-order valence-electron chi connectivity index (χ2n) is 3.90. The van der Waals surface area contributed by atoms with Gasteiger partial charge in [0.25, 0.3) is 6.43 Å². The molecule has 0 aliphatic heterocycles. The Bertz CT molecular complexity index is 557. The lowest BCUT2D eigenvalue weighted by Crippen LogP contribution is -2.13. The summed E-state index contributed by atoms with van der Waals surface area (Å²) in [6.07, 6.45) is -2.50. The summed E-state index contributed by atoms with van der Waals surface area (Å²) in [5.41, 5.74) is 6.79. The van der Waals surface area contributed by atoms with Crippen molar-refractivity contribution >= 4 is 17.3 Å². The van der Waals surface area contributed by atoms with Crippen LogP contribution in [-0.4, -0.2) is 39.8 Å². The fourth-order valence-electron chi connectivity index (χ4n) is 1.63. The molecule has 1 aromatic carbocycles. The molecule has 0 spiro atoms. The summed E-state index contributed by atoms with van der Waals surface area (Å²) >= 11 is 6.08. The van der Waals surface area contributed by atoms with Crippen LogP contribution in [0.3, 0.4) is 0 Å². The molecule has 0 amide bonds. The maximum atomic E-state index is 11.9. The van der Waals surface area contributed by atoms with Crippen molar-refractivity contribution in [3.8, 4) is 11.4 Å². The summed E-state index contributed by atoms with van der Waals surface area (Å²) in [4.78, 5) is 0. The van der Waals surface area contributed by atoms with Gasteiger partial charge in [0.15, 0.2) is 5.82 Å². The number of anilines is 1. The van der Waals surface area contributed by atoms with Crippen molar-refractivity contribution in [3.05, 3.63) is 23.2 Å². The maximum Gasteiger partial charge on any atom is 0.261 e. The largest absolute Gasteiger partial charge is 0.398 e. The molecule has 0 aliphatic carbocycles. The van der Waals surface area contributed by atoms with Crippen LogP contribution in [0.15, 0.2) is 18.2 Å².